The number of nitrogens with one attached hydrogen (secondary N) is 4. The molecule has 5 amide bonds. The van der Waals surface area contributed by atoms with E-state index in [2.05, 4.69) is 21.3 Å². The van der Waals surface area contributed by atoms with Gasteiger partial charge in [0.1, 0.15) is 0 Å². The first-order valence-electron chi connectivity index (χ1n) is 9.56. The molecule has 0 aliphatic carbocycles. The van der Waals surface area contributed by atoms with Crippen molar-refractivity contribution in [2.24, 2.45) is 5.92 Å². The van der Waals surface area contributed by atoms with Crippen LogP contribution in [0.4, 0.5) is 26.7 Å². The lowest BCUT2D eigenvalue weighted by Crippen LogP contribution is -2.46. The maximum Gasteiger partial charge on any atom is 0.323 e. The topological polar surface area (TPSA) is 103 Å². The number of hydrogen-bond acceptors (Lipinski definition) is 3. The Morgan fingerprint density at radius 2 is 1.45 bits per heavy atom. The van der Waals surface area contributed by atoms with Crippen LogP contribution >= 0.6 is 0 Å². The Hall–Kier alpha value is -3.55. The van der Waals surface area contributed by atoms with E-state index in [9.17, 15) is 14.4 Å². The Labute approximate surface area is 169 Å². The van der Waals surface area contributed by atoms with Gasteiger partial charge in [-0.25, -0.2) is 9.59 Å². The number of carbonyl (C=O) groups is 3. The summed E-state index contributed by atoms with van der Waals surface area (Å²) in [5.74, 6) is -0.207. The maximum absolute atomic E-state index is 12.5. The lowest BCUT2D eigenvalue weighted by molar-refractivity contribution is -0.125. The number of rotatable bonds is 4. The van der Waals surface area contributed by atoms with Crippen molar-refractivity contribution in [1.29, 1.82) is 0 Å². The van der Waals surface area contributed by atoms with E-state index in [1.54, 1.807) is 48.3 Å². The number of amides is 5. The van der Waals surface area contributed by atoms with Crippen molar-refractivity contribution >= 4 is 35.0 Å². The minimum absolute atomic E-state index is 0.0355. The highest BCUT2D eigenvalue weighted by molar-refractivity contribution is 6.00. The standard InChI is InChI=1S/C21H25N5O3/c1-22-19(27)15-6-5-13-26(14-15)21(29)25-18-11-9-17(10-12-18)24-20(28)23-16-7-3-2-4-8-16/h2-4,7-12,15H,5-6,13-14H2,1H3,(H,22,27)(H,25,29)(H2,23,24,28)/t15-/m0/s1. The van der Waals surface area contributed by atoms with Crippen LogP contribution in [-0.4, -0.2) is 43.0 Å². The molecule has 1 fully saturated rings. The summed E-state index contributed by atoms with van der Waals surface area (Å²) in [5.41, 5.74) is 1.92. The first-order chi connectivity index (χ1) is 14.0. The second-order valence-corrected chi connectivity index (χ2v) is 6.85. The van der Waals surface area contributed by atoms with Gasteiger partial charge in [-0.05, 0) is 49.2 Å². The fraction of sp³-hybridized carbons (Fsp3) is 0.286. The third-order valence-electron chi connectivity index (χ3n) is 4.75. The molecule has 0 radical (unpaired) electrons. The number of likely N-dealkylation sites (tertiary alicyclic amines) is 1. The van der Waals surface area contributed by atoms with Gasteiger partial charge in [-0.1, -0.05) is 18.2 Å². The fourth-order valence-corrected chi connectivity index (χ4v) is 3.23. The zero-order valence-corrected chi connectivity index (χ0v) is 16.3. The second kappa shape index (κ2) is 9.59. The molecule has 0 bridgehead atoms. The van der Waals surface area contributed by atoms with Gasteiger partial charge >= 0.3 is 12.1 Å². The molecule has 4 N–H and O–H groups in total. The van der Waals surface area contributed by atoms with E-state index >= 15 is 0 Å². The van der Waals surface area contributed by atoms with Crippen LogP contribution in [0, 0.1) is 5.92 Å². The zero-order chi connectivity index (χ0) is 20.6. The summed E-state index contributed by atoms with van der Waals surface area (Å²) in [6.07, 6.45) is 1.58. The first kappa shape index (κ1) is 20.2. The number of hydrogen-bond donors (Lipinski definition) is 4. The van der Waals surface area contributed by atoms with Crippen molar-refractivity contribution in [3.63, 3.8) is 0 Å². The van der Waals surface area contributed by atoms with Gasteiger partial charge in [0.2, 0.25) is 5.91 Å². The molecule has 2 aromatic carbocycles. The second-order valence-electron chi connectivity index (χ2n) is 6.85. The van der Waals surface area contributed by atoms with E-state index in [-0.39, 0.29) is 23.9 Å². The van der Waals surface area contributed by atoms with E-state index < -0.39 is 0 Å². The van der Waals surface area contributed by atoms with Gasteiger partial charge in [0.05, 0.1) is 5.92 Å². The van der Waals surface area contributed by atoms with Crippen LogP contribution in [0.15, 0.2) is 54.6 Å². The Balaban J connectivity index is 1.51. The number of carbonyl (C=O) groups excluding carboxylic acids is 3. The first-order valence-corrected chi connectivity index (χ1v) is 9.56. The van der Waals surface area contributed by atoms with Gasteiger partial charge in [-0.15, -0.1) is 0 Å². The molecule has 1 aliphatic heterocycles. The summed E-state index contributed by atoms with van der Waals surface area (Å²) in [5, 5.41) is 11.0. The lowest BCUT2D eigenvalue weighted by atomic mass is 9.97. The smallest absolute Gasteiger partial charge is 0.323 e. The van der Waals surface area contributed by atoms with E-state index in [4.69, 9.17) is 0 Å². The predicted octanol–water partition coefficient (Wildman–Crippen LogP) is 3.32. The molecule has 8 nitrogen and oxygen atoms in total. The van der Waals surface area contributed by atoms with E-state index in [1.165, 1.54) is 0 Å². The average molecular weight is 395 g/mol. The molecule has 0 unspecified atom stereocenters. The van der Waals surface area contributed by atoms with Crippen molar-refractivity contribution in [3.8, 4) is 0 Å². The van der Waals surface area contributed by atoms with Gasteiger partial charge in [0, 0.05) is 37.2 Å². The summed E-state index contributed by atoms with van der Waals surface area (Å²) < 4.78 is 0. The molecular weight excluding hydrogens is 370 g/mol. The zero-order valence-electron chi connectivity index (χ0n) is 16.3. The Morgan fingerprint density at radius 1 is 0.862 bits per heavy atom. The Morgan fingerprint density at radius 3 is 2.07 bits per heavy atom. The summed E-state index contributed by atoms with van der Waals surface area (Å²) in [7, 11) is 1.61. The largest absolute Gasteiger partial charge is 0.359 e. The molecule has 3 rings (SSSR count). The summed E-state index contributed by atoms with van der Waals surface area (Å²) in [6.45, 7) is 1.03. The maximum atomic E-state index is 12.5. The molecule has 29 heavy (non-hydrogen) atoms. The normalized spacial score (nSPS) is 15.9. The van der Waals surface area contributed by atoms with Crippen LogP contribution in [0.5, 0.6) is 0 Å². The number of anilines is 3. The molecule has 1 aliphatic rings. The Kier molecular flexibility index (Phi) is 6.67. The van der Waals surface area contributed by atoms with Crippen LogP contribution in [0.1, 0.15) is 12.8 Å². The van der Waals surface area contributed by atoms with Crippen LogP contribution in [0.3, 0.4) is 0 Å². The number of urea groups is 2. The molecule has 152 valence electrons. The fourth-order valence-electron chi connectivity index (χ4n) is 3.23. The molecule has 2 aromatic rings. The van der Waals surface area contributed by atoms with Crippen molar-refractivity contribution in [1.82, 2.24) is 10.2 Å². The molecule has 1 atom stereocenters. The molecule has 0 aromatic heterocycles. The minimum atomic E-state index is -0.346. The van der Waals surface area contributed by atoms with Crippen LogP contribution in [0.2, 0.25) is 0 Å². The van der Waals surface area contributed by atoms with E-state index in [1.807, 2.05) is 18.2 Å². The highest BCUT2D eigenvalue weighted by Gasteiger charge is 2.27. The number of para-hydroxylation sites is 1. The number of benzene rings is 2. The predicted molar refractivity (Wildman–Crippen MR) is 113 cm³/mol. The third kappa shape index (κ3) is 5.71. The van der Waals surface area contributed by atoms with Gasteiger partial charge in [-0.3, -0.25) is 4.79 Å². The third-order valence-corrected chi connectivity index (χ3v) is 4.75. The van der Waals surface area contributed by atoms with Crippen molar-refractivity contribution in [3.05, 3.63) is 54.6 Å². The molecular formula is C21H25N5O3. The van der Waals surface area contributed by atoms with Gasteiger partial charge in [0.15, 0.2) is 0 Å². The molecule has 0 saturated carbocycles. The summed E-state index contributed by atoms with van der Waals surface area (Å²) >= 11 is 0. The number of piperidine rings is 1. The van der Waals surface area contributed by atoms with E-state index in [0.29, 0.717) is 30.2 Å². The average Bonchev–Trinajstić information content (AvgIpc) is 2.75. The molecule has 1 saturated heterocycles. The van der Waals surface area contributed by atoms with Gasteiger partial charge in [-0.2, -0.15) is 0 Å². The molecule has 1 heterocycles. The molecule has 8 heteroatoms. The summed E-state index contributed by atoms with van der Waals surface area (Å²) in [4.78, 5) is 38.0. The monoisotopic (exact) mass is 395 g/mol. The van der Waals surface area contributed by atoms with E-state index in [0.717, 1.165) is 12.8 Å². The van der Waals surface area contributed by atoms with Crippen molar-refractivity contribution in [2.45, 2.75) is 12.8 Å². The van der Waals surface area contributed by atoms with Crippen LogP contribution in [-0.2, 0) is 4.79 Å². The van der Waals surface area contributed by atoms with Crippen LogP contribution in [0.25, 0.3) is 0 Å². The minimum Gasteiger partial charge on any atom is -0.359 e. The highest BCUT2D eigenvalue weighted by atomic mass is 16.2. The SMILES string of the molecule is CNC(=O)[C@H]1CCCN(C(=O)Nc2ccc(NC(=O)Nc3ccccc3)cc2)C1. The van der Waals surface area contributed by atoms with Crippen molar-refractivity contribution in [2.75, 3.05) is 36.1 Å². The van der Waals surface area contributed by atoms with Gasteiger partial charge in [0.25, 0.3) is 0 Å². The van der Waals surface area contributed by atoms with Gasteiger partial charge < -0.3 is 26.2 Å². The quantitative estimate of drug-likeness (QED) is 0.638. The molecule has 0 spiro atoms. The highest BCUT2D eigenvalue weighted by Crippen LogP contribution is 2.19. The van der Waals surface area contributed by atoms with Crippen LogP contribution < -0.4 is 21.3 Å². The Bertz CT molecular complexity index is 854. The number of nitrogens with zero attached hydrogens (tertiary/aromatic N) is 1. The van der Waals surface area contributed by atoms with Crippen molar-refractivity contribution < 1.29 is 14.4 Å². The summed E-state index contributed by atoms with van der Waals surface area (Å²) in [6, 6.07) is 15.4. The lowest BCUT2D eigenvalue weighted by Gasteiger charge is -2.31.